The van der Waals surface area contributed by atoms with E-state index in [-0.39, 0.29) is 24.2 Å². The van der Waals surface area contributed by atoms with Crippen molar-refractivity contribution < 1.29 is 9.53 Å². The smallest absolute Gasteiger partial charge is 0.246 e. The molecule has 0 bridgehead atoms. The molecule has 0 aliphatic heterocycles. The molecule has 0 fully saturated rings. The lowest BCUT2D eigenvalue weighted by Crippen LogP contribution is -2.42. The average Bonchev–Trinajstić information content (AvgIpc) is 2.25. The highest BCUT2D eigenvalue weighted by molar-refractivity contribution is 5.77. The summed E-state index contributed by atoms with van der Waals surface area (Å²) >= 11 is 0. The van der Waals surface area contributed by atoms with E-state index >= 15 is 0 Å². The number of carbonyl (C=O) groups is 1. The van der Waals surface area contributed by atoms with Crippen molar-refractivity contribution in [2.75, 3.05) is 13.2 Å². The highest BCUT2D eigenvalue weighted by Crippen LogP contribution is 2.12. The van der Waals surface area contributed by atoms with E-state index in [4.69, 9.17) is 10.5 Å². The van der Waals surface area contributed by atoms with Gasteiger partial charge in [0.15, 0.2) is 0 Å². The van der Waals surface area contributed by atoms with Gasteiger partial charge >= 0.3 is 0 Å². The number of nitrogens with two attached hydrogens (primary N) is 1. The number of hydrogen-bond acceptors (Lipinski definition) is 3. The number of ether oxygens (including phenoxy) is 1. The maximum absolute atomic E-state index is 11.4. The molecule has 2 unspecified atom stereocenters. The van der Waals surface area contributed by atoms with Crippen LogP contribution in [0.5, 0.6) is 0 Å². The highest BCUT2D eigenvalue weighted by Gasteiger charge is 2.21. The first-order valence-electron chi connectivity index (χ1n) is 5.60. The Morgan fingerprint density at radius 3 is 2.53 bits per heavy atom. The van der Waals surface area contributed by atoms with Gasteiger partial charge in [-0.15, -0.1) is 0 Å². The standard InChI is InChI=1S/C11H24N2O2/c1-5-9(3)13-10(14)7-15-11(4,6-2)8-12/h9H,5-8,12H2,1-4H3,(H,13,14). The summed E-state index contributed by atoms with van der Waals surface area (Å²) in [6.45, 7) is 8.44. The third-order valence-electron chi connectivity index (χ3n) is 2.75. The Morgan fingerprint density at radius 2 is 2.13 bits per heavy atom. The van der Waals surface area contributed by atoms with Crippen LogP contribution in [0.25, 0.3) is 0 Å². The minimum Gasteiger partial charge on any atom is -0.364 e. The van der Waals surface area contributed by atoms with Crippen LogP contribution in [0.15, 0.2) is 0 Å². The Hall–Kier alpha value is -0.610. The normalized spacial score (nSPS) is 16.9. The quantitative estimate of drug-likeness (QED) is 0.668. The molecule has 4 heteroatoms. The van der Waals surface area contributed by atoms with Gasteiger partial charge in [-0.3, -0.25) is 4.79 Å². The monoisotopic (exact) mass is 216 g/mol. The van der Waals surface area contributed by atoms with Gasteiger partial charge in [0, 0.05) is 12.6 Å². The predicted molar refractivity (Wildman–Crippen MR) is 61.6 cm³/mol. The molecule has 0 heterocycles. The van der Waals surface area contributed by atoms with E-state index in [0.717, 1.165) is 12.8 Å². The molecule has 0 radical (unpaired) electrons. The summed E-state index contributed by atoms with van der Waals surface area (Å²) < 4.78 is 5.50. The number of carbonyl (C=O) groups excluding carboxylic acids is 1. The first-order chi connectivity index (χ1) is 6.97. The number of amides is 1. The lowest BCUT2D eigenvalue weighted by molar-refractivity contribution is -0.132. The second-order valence-corrected chi connectivity index (χ2v) is 4.17. The molecular formula is C11H24N2O2. The third kappa shape index (κ3) is 5.74. The van der Waals surface area contributed by atoms with Crippen LogP contribution in [-0.2, 0) is 9.53 Å². The minimum absolute atomic E-state index is 0.0718. The van der Waals surface area contributed by atoms with Crippen LogP contribution in [0.2, 0.25) is 0 Å². The lowest BCUT2D eigenvalue weighted by atomic mass is 10.0. The van der Waals surface area contributed by atoms with Gasteiger partial charge < -0.3 is 15.8 Å². The number of nitrogens with one attached hydrogen (secondary N) is 1. The fourth-order valence-corrected chi connectivity index (χ4v) is 0.964. The van der Waals surface area contributed by atoms with Gasteiger partial charge in [0.25, 0.3) is 0 Å². The van der Waals surface area contributed by atoms with E-state index in [9.17, 15) is 4.79 Å². The van der Waals surface area contributed by atoms with Crippen molar-refractivity contribution in [1.82, 2.24) is 5.32 Å². The molecule has 0 aliphatic carbocycles. The molecule has 15 heavy (non-hydrogen) atoms. The van der Waals surface area contributed by atoms with E-state index in [0.29, 0.717) is 6.54 Å². The molecule has 0 aliphatic rings. The molecule has 0 spiro atoms. The van der Waals surface area contributed by atoms with E-state index < -0.39 is 0 Å². The van der Waals surface area contributed by atoms with Crippen LogP contribution in [0, 0.1) is 0 Å². The summed E-state index contributed by atoms with van der Waals surface area (Å²) in [5.41, 5.74) is 5.19. The second-order valence-electron chi connectivity index (χ2n) is 4.17. The predicted octanol–water partition coefficient (Wildman–Crippen LogP) is 1.05. The van der Waals surface area contributed by atoms with Gasteiger partial charge in [-0.25, -0.2) is 0 Å². The van der Waals surface area contributed by atoms with Gasteiger partial charge in [-0.1, -0.05) is 13.8 Å². The first kappa shape index (κ1) is 14.4. The molecule has 0 aromatic heterocycles. The Labute approximate surface area is 92.6 Å². The Kier molecular flexibility index (Phi) is 6.52. The van der Waals surface area contributed by atoms with Crippen LogP contribution in [0.1, 0.15) is 40.5 Å². The first-order valence-corrected chi connectivity index (χ1v) is 5.60. The fraction of sp³-hybridized carbons (Fsp3) is 0.909. The molecule has 0 saturated heterocycles. The maximum Gasteiger partial charge on any atom is 0.246 e. The van der Waals surface area contributed by atoms with Crippen molar-refractivity contribution in [3.05, 3.63) is 0 Å². The van der Waals surface area contributed by atoms with E-state index in [2.05, 4.69) is 5.32 Å². The largest absolute Gasteiger partial charge is 0.364 e. The minimum atomic E-state index is -0.382. The second kappa shape index (κ2) is 6.80. The molecule has 1 amide bonds. The molecule has 2 atom stereocenters. The van der Waals surface area contributed by atoms with E-state index in [1.165, 1.54) is 0 Å². The maximum atomic E-state index is 11.4. The molecule has 3 N–H and O–H groups in total. The van der Waals surface area contributed by atoms with Crippen molar-refractivity contribution in [2.45, 2.75) is 52.2 Å². The Bertz CT molecular complexity index is 191. The van der Waals surface area contributed by atoms with Gasteiger partial charge in [-0.05, 0) is 26.7 Å². The topological polar surface area (TPSA) is 64.3 Å². The zero-order valence-electron chi connectivity index (χ0n) is 10.3. The molecule has 4 nitrogen and oxygen atoms in total. The van der Waals surface area contributed by atoms with Crippen LogP contribution < -0.4 is 11.1 Å². The average molecular weight is 216 g/mol. The van der Waals surface area contributed by atoms with Crippen LogP contribution in [0.4, 0.5) is 0 Å². The molecule has 0 aromatic carbocycles. The van der Waals surface area contributed by atoms with Crippen molar-refractivity contribution in [2.24, 2.45) is 5.73 Å². The summed E-state index contributed by atoms with van der Waals surface area (Å²) in [6, 6.07) is 0.201. The Morgan fingerprint density at radius 1 is 1.53 bits per heavy atom. The van der Waals surface area contributed by atoms with Crippen LogP contribution >= 0.6 is 0 Å². The summed E-state index contributed by atoms with van der Waals surface area (Å²) in [7, 11) is 0. The lowest BCUT2D eigenvalue weighted by Gasteiger charge is -2.26. The zero-order chi connectivity index (χ0) is 11.9. The summed E-state index contributed by atoms with van der Waals surface area (Å²) in [5, 5.41) is 2.85. The molecule has 0 rings (SSSR count). The van der Waals surface area contributed by atoms with Crippen molar-refractivity contribution >= 4 is 5.91 Å². The fourth-order valence-electron chi connectivity index (χ4n) is 0.964. The molecule has 0 saturated carbocycles. The zero-order valence-corrected chi connectivity index (χ0v) is 10.3. The summed E-state index contributed by atoms with van der Waals surface area (Å²) in [4.78, 5) is 11.4. The number of hydrogen-bond donors (Lipinski definition) is 2. The van der Waals surface area contributed by atoms with Crippen molar-refractivity contribution in [1.29, 1.82) is 0 Å². The van der Waals surface area contributed by atoms with Crippen molar-refractivity contribution in [3.63, 3.8) is 0 Å². The van der Waals surface area contributed by atoms with Gasteiger partial charge in [0.1, 0.15) is 6.61 Å². The Balaban J connectivity index is 3.89. The summed E-state index contributed by atoms with van der Waals surface area (Å²) in [5.74, 6) is -0.0718. The van der Waals surface area contributed by atoms with Gasteiger partial charge in [0.2, 0.25) is 5.91 Å². The van der Waals surface area contributed by atoms with Crippen LogP contribution in [0.3, 0.4) is 0 Å². The third-order valence-corrected chi connectivity index (χ3v) is 2.75. The summed E-state index contributed by atoms with van der Waals surface area (Å²) in [6.07, 6.45) is 1.73. The highest BCUT2D eigenvalue weighted by atomic mass is 16.5. The van der Waals surface area contributed by atoms with E-state index in [1.54, 1.807) is 0 Å². The number of rotatable bonds is 7. The molecule has 90 valence electrons. The molecular weight excluding hydrogens is 192 g/mol. The van der Waals surface area contributed by atoms with E-state index in [1.807, 2.05) is 27.7 Å². The van der Waals surface area contributed by atoms with Gasteiger partial charge in [-0.2, -0.15) is 0 Å². The molecule has 0 aromatic rings. The van der Waals surface area contributed by atoms with Crippen LogP contribution in [-0.4, -0.2) is 30.7 Å². The SMILES string of the molecule is CCC(C)NC(=O)COC(C)(CC)CN. The van der Waals surface area contributed by atoms with Crippen molar-refractivity contribution in [3.8, 4) is 0 Å². The van der Waals surface area contributed by atoms with Gasteiger partial charge in [0.05, 0.1) is 5.60 Å².